The number of benzene rings is 1. The summed E-state index contributed by atoms with van der Waals surface area (Å²) in [7, 11) is 1.58. The van der Waals surface area contributed by atoms with Crippen LogP contribution in [0.5, 0.6) is 5.75 Å². The molecule has 1 atom stereocenters. The van der Waals surface area contributed by atoms with Crippen LogP contribution in [0.2, 0.25) is 0 Å². The molecule has 110 valence electrons. The largest absolute Gasteiger partial charge is 0.495 e. The molecule has 20 heavy (non-hydrogen) atoms. The molecular weight excluding hydrogens is 250 g/mol. The van der Waals surface area contributed by atoms with Crippen LogP contribution in [-0.4, -0.2) is 13.7 Å². The topological polar surface area (TPSA) is 42.2 Å². The number of methoxy groups -OCH3 is 1. The van der Waals surface area contributed by atoms with Gasteiger partial charge in [0.05, 0.1) is 19.3 Å². The van der Waals surface area contributed by atoms with Crippen LogP contribution in [-0.2, 0) is 11.3 Å². The first-order valence-corrected chi connectivity index (χ1v) is 7.39. The smallest absolute Gasteiger partial charge is 0.136 e. The summed E-state index contributed by atoms with van der Waals surface area (Å²) in [6.45, 7) is 5.81. The highest BCUT2D eigenvalue weighted by Crippen LogP contribution is 2.20. The molecule has 0 aliphatic heterocycles. The van der Waals surface area contributed by atoms with Crippen molar-refractivity contribution in [3.8, 4) is 11.8 Å². The molecule has 0 fully saturated rings. The molecule has 1 unspecified atom stereocenters. The Labute approximate surface area is 122 Å². The van der Waals surface area contributed by atoms with E-state index in [0.717, 1.165) is 18.6 Å². The van der Waals surface area contributed by atoms with Crippen molar-refractivity contribution in [3.63, 3.8) is 0 Å². The summed E-state index contributed by atoms with van der Waals surface area (Å²) in [5.74, 6) is 1.27. The van der Waals surface area contributed by atoms with Crippen LogP contribution in [0, 0.1) is 17.2 Å². The predicted octanol–water partition coefficient (Wildman–Crippen LogP) is 4.30. The molecule has 1 rings (SSSR count). The second kappa shape index (κ2) is 9.39. The van der Waals surface area contributed by atoms with Crippen molar-refractivity contribution >= 4 is 0 Å². The van der Waals surface area contributed by atoms with Crippen molar-refractivity contribution in [2.45, 2.75) is 46.1 Å². The lowest BCUT2D eigenvalue weighted by Crippen LogP contribution is -2.09. The zero-order valence-electron chi connectivity index (χ0n) is 12.8. The van der Waals surface area contributed by atoms with Gasteiger partial charge in [-0.2, -0.15) is 5.26 Å². The standard InChI is InChI=1S/C17H25NO2/c1-4-6-7-14(5-2)12-20-13-15-8-9-16(11-18)17(10-15)19-3/h8-10,14H,4-7,12-13H2,1-3H3. The Kier molecular flexibility index (Phi) is 7.75. The van der Waals surface area contributed by atoms with Gasteiger partial charge in [-0.1, -0.05) is 39.2 Å². The molecule has 0 spiro atoms. The van der Waals surface area contributed by atoms with Crippen molar-refractivity contribution in [1.29, 1.82) is 5.26 Å². The maximum atomic E-state index is 8.94. The molecule has 1 aromatic carbocycles. The molecule has 0 heterocycles. The third kappa shape index (κ3) is 5.22. The van der Waals surface area contributed by atoms with E-state index in [1.807, 2.05) is 12.1 Å². The number of hydrogen-bond acceptors (Lipinski definition) is 3. The minimum absolute atomic E-state index is 0.561. The summed E-state index contributed by atoms with van der Waals surface area (Å²) >= 11 is 0. The fourth-order valence-corrected chi connectivity index (χ4v) is 2.16. The fourth-order valence-electron chi connectivity index (χ4n) is 2.16. The molecule has 0 amide bonds. The first kappa shape index (κ1) is 16.5. The van der Waals surface area contributed by atoms with Gasteiger partial charge in [0.15, 0.2) is 0 Å². The summed E-state index contributed by atoms with van der Waals surface area (Å²) < 4.78 is 11.0. The second-order valence-electron chi connectivity index (χ2n) is 5.08. The molecule has 0 saturated heterocycles. The van der Waals surface area contributed by atoms with Crippen LogP contribution >= 0.6 is 0 Å². The lowest BCUT2D eigenvalue weighted by molar-refractivity contribution is 0.0819. The van der Waals surface area contributed by atoms with Gasteiger partial charge in [0, 0.05) is 6.61 Å². The quantitative estimate of drug-likeness (QED) is 0.674. The second-order valence-corrected chi connectivity index (χ2v) is 5.08. The average molecular weight is 275 g/mol. The maximum absolute atomic E-state index is 8.94. The SMILES string of the molecule is CCCCC(CC)COCc1ccc(C#N)c(OC)c1. The number of ether oxygens (including phenoxy) is 2. The third-order valence-corrected chi connectivity index (χ3v) is 3.55. The highest BCUT2D eigenvalue weighted by Gasteiger charge is 2.07. The van der Waals surface area contributed by atoms with Crippen LogP contribution < -0.4 is 4.74 Å². The van der Waals surface area contributed by atoms with Crippen LogP contribution in [0.15, 0.2) is 18.2 Å². The van der Waals surface area contributed by atoms with E-state index in [-0.39, 0.29) is 0 Å². The van der Waals surface area contributed by atoms with E-state index < -0.39 is 0 Å². The van der Waals surface area contributed by atoms with Gasteiger partial charge in [0.2, 0.25) is 0 Å². The van der Waals surface area contributed by atoms with E-state index >= 15 is 0 Å². The van der Waals surface area contributed by atoms with Crippen molar-refractivity contribution in [1.82, 2.24) is 0 Å². The maximum Gasteiger partial charge on any atom is 0.136 e. The number of rotatable bonds is 9. The first-order chi connectivity index (χ1) is 9.74. The van der Waals surface area contributed by atoms with Gasteiger partial charge < -0.3 is 9.47 Å². The van der Waals surface area contributed by atoms with Crippen LogP contribution in [0.25, 0.3) is 0 Å². The minimum Gasteiger partial charge on any atom is -0.495 e. The van der Waals surface area contributed by atoms with Crippen LogP contribution in [0.4, 0.5) is 0 Å². The van der Waals surface area contributed by atoms with E-state index in [1.165, 1.54) is 19.3 Å². The Hall–Kier alpha value is -1.53. The molecule has 1 aromatic rings. The predicted molar refractivity (Wildman–Crippen MR) is 80.7 cm³/mol. The van der Waals surface area contributed by atoms with E-state index in [0.29, 0.717) is 23.8 Å². The van der Waals surface area contributed by atoms with E-state index in [9.17, 15) is 0 Å². The number of nitrogens with zero attached hydrogens (tertiary/aromatic N) is 1. The Morgan fingerprint density at radius 1 is 1.30 bits per heavy atom. The van der Waals surface area contributed by atoms with E-state index in [2.05, 4.69) is 19.9 Å². The summed E-state index contributed by atoms with van der Waals surface area (Å²) in [5, 5.41) is 8.94. The Balaban J connectivity index is 2.47. The monoisotopic (exact) mass is 275 g/mol. The molecule has 0 bridgehead atoms. The van der Waals surface area contributed by atoms with Gasteiger partial charge in [-0.15, -0.1) is 0 Å². The summed E-state index contributed by atoms with van der Waals surface area (Å²) in [6, 6.07) is 7.70. The number of nitriles is 1. The molecule has 0 N–H and O–H groups in total. The molecule has 0 saturated carbocycles. The summed E-state index contributed by atoms with van der Waals surface area (Å²) in [4.78, 5) is 0. The van der Waals surface area contributed by atoms with Crippen LogP contribution in [0.3, 0.4) is 0 Å². The third-order valence-electron chi connectivity index (χ3n) is 3.55. The molecule has 0 aliphatic carbocycles. The molecule has 0 aromatic heterocycles. The normalized spacial score (nSPS) is 11.9. The van der Waals surface area contributed by atoms with Crippen LogP contribution in [0.1, 0.15) is 50.7 Å². The molecule has 0 aliphatic rings. The van der Waals surface area contributed by atoms with Gasteiger partial charge in [0.1, 0.15) is 11.8 Å². The molecule has 0 radical (unpaired) electrons. The van der Waals surface area contributed by atoms with Crippen molar-refractivity contribution in [3.05, 3.63) is 29.3 Å². The van der Waals surface area contributed by atoms with Gasteiger partial charge in [0.25, 0.3) is 0 Å². The van der Waals surface area contributed by atoms with Gasteiger partial charge in [-0.05, 0) is 30.0 Å². The van der Waals surface area contributed by atoms with E-state index in [4.69, 9.17) is 14.7 Å². The molecule has 3 nitrogen and oxygen atoms in total. The Morgan fingerprint density at radius 2 is 2.10 bits per heavy atom. The summed E-state index contributed by atoms with van der Waals surface area (Å²) in [5.41, 5.74) is 1.61. The molecule has 3 heteroatoms. The van der Waals surface area contributed by atoms with E-state index in [1.54, 1.807) is 13.2 Å². The number of hydrogen-bond donors (Lipinski definition) is 0. The highest BCUT2D eigenvalue weighted by atomic mass is 16.5. The van der Waals surface area contributed by atoms with Gasteiger partial charge >= 0.3 is 0 Å². The zero-order chi connectivity index (χ0) is 14.8. The van der Waals surface area contributed by atoms with Crippen molar-refractivity contribution < 1.29 is 9.47 Å². The van der Waals surface area contributed by atoms with Crippen molar-refractivity contribution in [2.75, 3.05) is 13.7 Å². The molecular formula is C17H25NO2. The summed E-state index contributed by atoms with van der Waals surface area (Å²) in [6.07, 6.45) is 4.91. The Morgan fingerprint density at radius 3 is 2.70 bits per heavy atom. The minimum atomic E-state index is 0.561. The lowest BCUT2D eigenvalue weighted by Gasteiger charge is -2.15. The van der Waals surface area contributed by atoms with Crippen molar-refractivity contribution in [2.24, 2.45) is 5.92 Å². The zero-order valence-corrected chi connectivity index (χ0v) is 12.8. The number of unbranched alkanes of at least 4 members (excludes halogenated alkanes) is 1. The van der Waals surface area contributed by atoms with Gasteiger partial charge in [-0.3, -0.25) is 0 Å². The fraction of sp³-hybridized carbons (Fsp3) is 0.588. The Bertz CT molecular complexity index is 437. The first-order valence-electron chi connectivity index (χ1n) is 7.39. The lowest BCUT2D eigenvalue weighted by atomic mass is 10.0. The van der Waals surface area contributed by atoms with Gasteiger partial charge in [-0.25, -0.2) is 0 Å². The highest BCUT2D eigenvalue weighted by molar-refractivity contribution is 5.45. The average Bonchev–Trinajstić information content (AvgIpc) is 2.50.